The first-order valence-electron chi connectivity index (χ1n) is 9.07. The monoisotopic (exact) mass is 467 g/mol. The van der Waals surface area contributed by atoms with Crippen molar-refractivity contribution < 1.29 is 27.5 Å². The zero-order valence-corrected chi connectivity index (χ0v) is 18.7. The number of nitrogens with zero attached hydrogens (tertiary/aromatic N) is 1. The SMILES string of the molecule is C[C@H](NC(=O)c1ccccc1)C(=O)OCC(=O)Nc1ccc(Cl)c(S(=O)(=O)N(C)C)c1. The summed E-state index contributed by atoms with van der Waals surface area (Å²) in [7, 11) is -1.10. The van der Waals surface area contributed by atoms with Gasteiger partial charge in [-0.15, -0.1) is 0 Å². The van der Waals surface area contributed by atoms with Gasteiger partial charge in [0.1, 0.15) is 10.9 Å². The lowest BCUT2D eigenvalue weighted by molar-refractivity contribution is -0.148. The molecule has 0 saturated heterocycles. The molecule has 9 nitrogen and oxygen atoms in total. The Kier molecular flexibility index (Phi) is 8.14. The molecule has 0 aromatic heterocycles. The number of hydrogen-bond donors (Lipinski definition) is 2. The molecule has 2 amide bonds. The first-order chi connectivity index (χ1) is 14.5. The van der Waals surface area contributed by atoms with Crippen molar-refractivity contribution in [2.45, 2.75) is 17.9 Å². The third kappa shape index (κ3) is 6.51. The predicted octanol–water partition coefficient (Wildman–Crippen LogP) is 1.89. The van der Waals surface area contributed by atoms with E-state index in [4.69, 9.17) is 16.3 Å². The molecule has 0 fully saturated rings. The number of carbonyl (C=O) groups is 3. The molecule has 0 aliphatic carbocycles. The maximum atomic E-state index is 12.3. The summed E-state index contributed by atoms with van der Waals surface area (Å²) in [6, 6.07) is 11.3. The molecule has 1 atom stereocenters. The van der Waals surface area contributed by atoms with Gasteiger partial charge in [-0.1, -0.05) is 29.8 Å². The molecule has 0 aliphatic heterocycles. The number of carbonyl (C=O) groups excluding carboxylic acids is 3. The van der Waals surface area contributed by atoms with E-state index in [1.165, 1.54) is 39.2 Å². The minimum Gasteiger partial charge on any atom is -0.454 e. The summed E-state index contributed by atoms with van der Waals surface area (Å²) in [5.74, 6) is -1.94. The summed E-state index contributed by atoms with van der Waals surface area (Å²) in [5.41, 5.74) is 0.544. The summed E-state index contributed by atoms with van der Waals surface area (Å²) in [6.45, 7) is 0.807. The van der Waals surface area contributed by atoms with Gasteiger partial charge in [-0.3, -0.25) is 9.59 Å². The lowest BCUT2D eigenvalue weighted by Gasteiger charge is -2.15. The van der Waals surface area contributed by atoms with Crippen molar-refractivity contribution in [1.29, 1.82) is 0 Å². The fourth-order valence-corrected chi connectivity index (χ4v) is 3.76. The largest absolute Gasteiger partial charge is 0.454 e. The highest BCUT2D eigenvalue weighted by molar-refractivity contribution is 7.89. The maximum absolute atomic E-state index is 12.3. The number of esters is 1. The van der Waals surface area contributed by atoms with Gasteiger partial charge in [0.2, 0.25) is 10.0 Å². The Morgan fingerprint density at radius 1 is 1.10 bits per heavy atom. The van der Waals surface area contributed by atoms with Gasteiger partial charge >= 0.3 is 5.97 Å². The van der Waals surface area contributed by atoms with E-state index >= 15 is 0 Å². The van der Waals surface area contributed by atoms with E-state index in [1.807, 2.05) is 0 Å². The van der Waals surface area contributed by atoms with Gasteiger partial charge in [0.25, 0.3) is 11.8 Å². The molecular formula is C20H22ClN3O6S. The molecule has 31 heavy (non-hydrogen) atoms. The molecule has 0 saturated carbocycles. The number of ether oxygens (including phenoxy) is 1. The van der Waals surface area contributed by atoms with Gasteiger partial charge in [0.05, 0.1) is 5.02 Å². The van der Waals surface area contributed by atoms with Crippen LogP contribution in [0.15, 0.2) is 53.4 Å². The molecule has 0 unspecified atom stereocenters. The standard InChI is InChI=1S/C20H22ClN3O6S/c1-13(22-19(26)14-7-5-4-6-8-14)20(27)30-12-18(25)23-15-9-10-16(21)17(11-15)31(28,29)24(2)3/h4-11,13H,12H2,1-3H3,(H,22,26)(H,23,25)/t13-/m0/s1. The van der Waals surface area contributed by atoms with Crippen LogP contribution >= 0.6 is 11.6 Å². The third-order valence-corrected chi connectivity index (χ3v) is 6.35. The molecule has 166 valence electrons. The Labute approximate surface area is 185 Å². The van der Waals surface area contributed by atoms with Crippen molar-refractivity contribution in [3.8, 4) is 0 Å². The van der Waals surface area contributed by atoms with E-state index in [2.05, 4.69) is 10.6 Å². The molecule has 0 spiro atoms. The fourth-order valence-electron chi connectivity index (χ4n) is 2.36. The number of amides is 2. The molecular weight excluding hydrogens is 446 g/mol. The molecule has 2 aromatic carbocycles. The van der Waals surface area contributed by atoms with Crippen molar-refractivity contribution in [3.05, 3.63) is 59.1 Å². The maximum Gasteiger partial charge on any atom is 0.328 e. The molecule has 2 aromatic rings. The molecule has 0 radical (unpaired) electrons. The number of nitrogens with one attached hydrogen (secondary N) is 2. The lowest BCUT2D eigenvalue weighted by atomic mass is 10.2. The fraction of sp³-hybridized carbons (Fsp3) is 0.250. The van der Waals surface area contributed by atoms with Crippen molar-refractivity contribution >= 4 is 45.1 Å². The van der Waals surface area contributed by atoms with Crippen LogP contribution in [0.25, 0.3) is 0 Å². The summed E-state index contributed by atoms with van der Waals surface area (Å²) in [6.07, 6.45) is 0. The number of sulfonamides is 1. The quantitative estimate of drug-likeness (QED) is 0.572. The normalized spacial score (nSPS) is 12.2. The summed E-state index contributed by atoms with van der Waals surface area (Å²) >= 11 is 5.96. The number of benzene rings is 2. The Bertz CT molecular complexity index is 1070. The average molecular weight is 468 g/mol. The average Bonchev–Trinajstić information content (AvgIpc) is 2.73. The number of hydrogen-bond acceptors (Lipinski definition) is 6. The van der Waals surface area contributed by atoms with E-state index in [-0.39, 0.29) is 15.6 Å². The van der Waals surface area contributed by atoms with Gasteiger partial charge in [0, 0.05) is 25.3 Å². The highest BCUT2D eigenvalue weighted by Gasteiger charge is 2.22. The molecule has 0 heterocycles. The number of anilines is 1. The Morgan fingerprint density at radius 3 is 2.35 bits per heavy atom. The first kappa shape index (κ1) is 24.3. The summed E-state index contributed by atoms with van der Waals surface area (Å²) in [4.78, 5) is 36.0. The molecule has 11 heteroatoms. The van der Waals surface area contributed by atoms with Gasteiger partial charge in [-0.2, -0.15) is 0 Å². The Balaban J connectivity index is 1.93. The summed E-state index contributed by atoms with van der Waals surface area (Å²) in [5, 5.41) is 4.92. The third-order valence-electron chi connectivity index (χ3n) is 4.06. The van der Waals surface area contributed by atoms with E-state index in [0.29, 0.717) is 5.56 Å². The smallest absolute Gasteiger partial charge is 0.328 e. The summed E-state index contributed by atoms with van der Waals surface area (Å²) < 4.78 is 30.5. The van der Waals surface area contributed by atoms with E-state index in [0.717, 1.165) is 4.31 Å². The van der Waals surface area contributed by atoms with Crippen molar-refractivity contribution in [2.75, 3.05) is 26.0 Å². The molecule has 2 rings (SSSR count). The zero-order valence-electron chi connectivity index (χ0n) is 17.1. The van der Waals surface area contributed by atoms with Crippen LogP contribution in [0.4, 0.5) is 5.69 Å². The van der Waals surface area contributed by atoms with Crippen molar-refractivity contribution in [2.24, 2.45) is 0 Å². The minimum absolute atomic E-state index is 0.00103. The van der Waals surface area contributed by atoms with Crippen LogP contribution in [0.1, 0.15) is 17.3 Å². The van der Waals surface area contributed by atoms with Gasteiger partial charge < -0.3 is 15.4 Å². The molecule has 2 N–H and O–H groups in total. The van der Waals surface area contributed by atoms with Gasteiger partial charge in [-0.05, 0) is 37.3 Å². The predicted molar refractivity (Wildman–Crippen MR) is 115 cm³/mol. The zero-order chi connectivity index (χ0) is 23.2. The lowest BCUT2D eigenvalue weighted by Crippen LogP contribution is -2.40. The molecule has 0 bridgehead atoms. The van der Waals surface area contributed by atoms with Crippen LogP contribution in [0.3, 0.4) is 0 Å². The van der Waals surface area contributed by atoms with E-state index < -0.39 is 40.5 Å². The Hall–Kier alpha value is -2.95. The Morgan fingerprint density at radius 2 is 1.74 bits per heavy atom. The van der Waals surface area contributed by atoms with Crippen molar-refractivity contribution in [3.63, 3.8) is 0 Å². The van der Waals surface area contributed by atoms with E-state index in [1.54, 1.807) is 30.3 Å². The van der Waals surface area contributed by atoms with Crippen LogP contribution < -0.4 is 10.6 Å². The topological polar surface area (TPSA) is 122 Å². The van der Waals surface area contributed by atoms with Crippen LogP contribution in [0.5, 0.6) is 0 Å². The van der Waals surface area contributed by atoms with Crippen LogP contribution in [-0.4, -0.2) is 57.3 Å². The second-order valence-corrected chi connectivity index (χ2v) is 9.18. The van der Waals surface area contributed by atoms with Crippen LogP contribution in [0, 0.1) is 0 Å². The second kappa shape index (κ2) is 10.4. The van der Waals surface area contributed by atoms with Crippen LogP contribution in [-0.2, 0) is 24.3 Å². The highest BCUT2D eigenvalue weighted by Crippen LogP contribution is 2.26. The number of rotatable bonds is 8. The van der Waals surface area contributed by atoms with E-state index in [9.17, 15) is 22.8 Å². The first-order valence-corrected chi connectivity index (χ1v) is 10.9. The minimum atomic E-state index is -3.81. The molecule has 0 aliphatic rings. The van der Waals surface area contributed by atoms with Crippen molar-refractivity contribution in [1.82, 2.24) is 9.62 Å². The second-order valence-electron chi connectivity index (χ2n) is 6.65. The van der Waals surface area contributed by atoms with Crippen LogP contribution in [0.2, 0.25) is 5.02 Å². The van der Waals surface area contributed by atoms with Gasteiger partial charge in [-0.25, -0.2) is 17.5 Å². The van der Waals surface area contributed by atoms with Gasteiger partial charge in [0.15, 0.2) is 6.61 Å². The highest BCUT2D eigenvalue weighted by atomic mass is 35.5. The number of halogens is 1.